The van der Waals surface area contributed by atoms with Crippen molar-refractivity contribution in [2.75, 3.05) is 0 Å². The van der Waals surface area contributed by atoms with Crippen LogP contribution >= 0.6 is 0 Å². The molecule has 0 unspecified atom stereocenters. The highest BCUT2D eigenvalue weighted by Crippen LogP contribution is 2.26. The van der Waals surface area contributed by atoms with Crippen LogP contribution in [0.1, 0.15) is 30.0 Å². The molecular formula is C12H17N5O2. The fourth-order valence-electron chi connectivity index (χ4n) is 1.79. The Morgan fingerprint density at radius 3 is 2.68 bits per heavy atom. The van der Waals surface area contributed by atoms with Crippen LogP contribution in [0.4, 0.5) is 5.69 Å². The summed E-state index contributed by atoms with van der Waals surface area (Å²) in [6, 6.07) is 3.52. The number of benzene rings is 1. The maximum atomic E-state index is 11.1. The number of nitrogens with zero attached hydrogens (tertiary/aromatic N) is 3. The van der Waals surface area contributed by atoms with Gasteiger partial charge in [0.1, 0.15) is 0 Å². The van der Waals surface area contributed by atoms with Crippen LogP contribution in [0.2, 0.25) is 0 Å². The molecule has 102 valence electrons. The first-order valence-electron chi connectivity index (χ1n) is 5.86. The molecule has 0 saturated heterocycles. The van der Waals surface area contributed by atoms with E-state index in [0.29, 0.717) is 17.5 Å². The average molecular weight is 263 g/mol. The van der Waals surface area contributed by atoms with Crippen molar-refractivity contribution in [2.45, 2.75) is 26.7 Å². The van der Waals surface area contributed by atoms with Gasteiger partial charge in [-0.15, -0.1) is 5.10 Å². The zero-order chi connectivity index (χ0) is 14.4. The standard InChI is InChI=1S/C12H17N5O2/c1-3-4-9-5-6-10(7-15-16-12(13)14)8(2)11(9)17(18)19/h5-7H,3-4H2,1-2H3,(H4,13,14,16)/b15-7+. The summed E-state index contributed by atoms with van der Waals surface area (Å²) in [5.41, 5.74) is 12.3. The normalized spacial score (nSPS) is 10.6. The molecule has 1 aromatic carbocycles. The lowest BCUT2D eigenvalue weighted by Crippen LogP contribution is -2.21. The molecular weight excluding hydrogens is 246 g/mol. The highest BCUT2D eigenvalue weighted by atomic mass is 16.6. The third-order valence-electron chi connectivity index (χ3n) is 2.63. The van der Waals surface area contributed by atoms with Gasteiger partial charge in [0.15, 0.2) is 0 Å². The van der Waals surface area contributed by atoms with Crippen molar-refractivity contribution in [1.29, 1.82) is 0 Å². The predicted octanol–water partition coefficient (Wildman–Crippen LogP) is 1.46. The van der Waals surface area contributed by atoms with Crippen LogP contribution < -0.4 is 11.5 Å². The van der Waals surface area contributed by atoms with E-state index in [4.69, 9.17) is 11.5 Å². The number of nitro groups is 1. The van der Waals surface area contributed by atoms with Gasteiger partial charge in [0.05, 0.1) is 11.1 Å². The molecule has 0 heterocycles. The minimum atomic E-state index is -0.363. The Bertz CT molecular complexity index is 533. The first-order valence-corrected chi connectivity index (χ1v) is 5.86. The second kappa shape index (κ2) is 6.48. The second-order valence-corrected chi connectivity index (χ2v) is 4.06. The molecule has 0 bridgehead atoms. The Labute approximate surface area is 111 Å². The highest BCUT2D eigenvalue weighted by Gasteiger charge is 2.18. The SMILES string of the molecule is CCCc1ccc(/C=N/N=C(N)N)c(C)c1[N+](=O)[O-]. The average Bonchev–Trinajstić information content (AvgIpc) is 2.31. The summed E-state index contributed by atoms with van der Waals surface area (Å²) in [5, 5.41) is 18.3. The van der Waals surface area contributed by atoms with E-state index >= 15 is 0 Å². The molecule has 0 aliphatic heterocycles. The molecule has 1 rings (SSSR count). The van der Waals surface area contributed by atoms with Gasteiger partial charge in [-0.25, -0.2) is 0 Å². The summed E-state index contributed by atoms with van der Waals surface area (Å²) in [5.74, 6) is -0.161. The van der Waals surface area contributed by atoms with E-state index in [-0.39, 0.29) is 16.6 Å². The van der Waals surface area contributed by atoms with E-state index in [2.05, 4.69) is 10.2 Å². The van der Waals surface area contributed by atoms with E-state index in [1.165, 1.54) is 6.21 Å². The molecule has 0 fully saturated rings. The van der Waals surface area contributed by atoms with Crippen LogP contribution in [0, 0.1) is 17.0 Å². The zero-order valence-electron chi connectivity index (χ0n) is 11.0. The summed E-state index contributed by atoms with van der Waals surface area (Å²) in [6.45, 7) is 3.67. The van der Waals surface area contributed by atoms with Gasteiger partial charge in [-0.2, -0.15) is 5.10 Å². The van der Waals surface area contributed by atoms with Crippen LogP contribution in [-0.4, -0.2) is 17.1 Å². The van der Waals surface area contributed by atoms with E-state index in [1.54, 1.807) is 19.1 Å². The van der Waals surface area contributed by atoms with Crippen molar-refractivity contribution < 1.29 is 4.92 Å². The van der Waals surface area contributed by atoms with Crippen LogP contribution in [0.5, 0.6) is 0 Å². The number of nitrogens with two attached hydrogens (primary N) is 2. The largest absolute Gasteiger partial charge is 0.369 e. The van der Waals surface area contributed by atoms with Gasteiger partial charge in [-0.1, -0.05) is 25.5 Å². The summed E-state index contributed by atoms with van der Waals surface area (Å²) in [4.78, 5) is 10.8. The zero-order valence-corrected chi connectivity index (χ0v) is 11.0. The number of guanidine groups is 1. The third kappa shape index (κ3) is 3.77. The van der Waals surface area contributed by atoms with E-state index < -0.39 is 0 Å². The molecule has 7 heteroatoms. The second-order valence-electron chi connectivity index (χ2n) is 4.06. The fourth-order valence-corrected chi connectivity index (χ4v) is 1.79. The molecule has 19 heavy (non-hydrogen) atoms. The van der Waals surface area contributed by atoms with Gasteiger partial charge >= 0.3 is 0 Å². The van der Waals surface area contributed by atoms with Crippen molar-refractivity contribution in [2.24, 2.45) is 21.7 Å². The van der Waals surface area contributed by atoms with Crippen LogP contribution in [0.15, 0.2) is 22.3 Å². The Morgan fingerprint density at radius 2 is 2.16 bits per heavy atom. The number of nitro benzene ring substituents is 1. The van der Waals surface area contributed by atoms with E-state index in [0.717, 1.165) is 12.0 Å². The lowest BCUT2D eigenvalue weighted by molar-refractivity contribution is -0.386. The van der Waals surface area contributed by atoms with Crippen molar-refractivity contribution in [3.8, 4) is 0 Å². The molecule has 0 radical (unpaired) electrons. The lowest BCUT2D eigenvalue weighted by Gasteiger charge is -2.06. The lowest BCUT2D eigenvalue weighted by atomic mass is 10.00. The first-order chi connectivity index (χ1) is 8.97. The van der Waals surface area contributed by atoms with Crippen molar-refractivity contribution >= 4 is 17.9 Å². The molecule has 0 atom stereocenters. The molecule has 0 amide bonds. The fraction of sp³-hybridized carbons (Fsp3) is 0.333. The van der Waals surface area contributed by atoms with Crippen molar-refractivity contribution in [1.82, 2.24) is 0 Å². The van der Waals surface area contributed by atoms with Crippen LogP contribution in [0.3, 0.4) is 0 Å². The minimum absolute atomic E-state index is 0.135. The van der Waals surface area contributed by atoms with Gasteiger partial charge < -0.3 is 11.5 Å². The van der Waals surface area contributed by atoms with Gasteiger partial charge in [0.2, 0.25) is 5.96 Å². The smallest absolute Gasteiger partial charge is 0.276 e. The van der Waals surface area contributed by atoms with Crippen LogP contribution in [0.25, 0.3) is 0 Å². The van der Waals surface area contributed by atoms with Crippen molar-refractivity contribution in [3.63, 3.8) is 0 Å². The molecule has 0 saturated carbocycles. The number of hydrogen-bond donors (Lipinski definition) is 2. The molecule has 0 spiro atoms. The Hall–Kier alpha value is -2.44. The summed E-state index contributed by atoms with van der Waals surface area (Å²) < 4.78 is 0. The first kappa shape index (κ1) is 14.6. The summed E-state index contributed by atoms with van der Waals surface area (Å²) in [7, 11) is 0. The maximum absolute atomic E-state index is 11.1. The van der Waals surface area contributed by atoms with E-state index in [9.17, 15) is 10.1 Å². The molecule has 0 aromatic heterocycles. The monoisotopic (exact) mass is 263 g/mol. The quantitative estimate of drug-likeness (QED) is 0.361. The minimum Gasteiger partial charge on any atom is -0.369 e. The van der Waals surface area contributed by atoms with Gasteiger partial charge in [-0.05, 0) is 13.3 Å². The number of aryl methyl sites for hydroxylation is 1. The molecule has 0 aliphatic carbocycles. The van der Waals surface area contributed by atoms with Gasteiger partial charge in [-0.3, -0.25) is 10.1 Å². The summed E-state index contributed by atoms with van der Waals surface area (Å²) in [6.07, 6.45) is 2.92. The van der Waals surface area contributed by atoms with E-state index in [1.807, 2.05) is 6.92 Å². The summed E-state index contributed by atoms with van der Waals surface area (Å²) >= 11 is 0. The Balaban J connectivity index is 3.23. The Morgan fingerprint density at radius 1 is 1.47 bits per heavy atom. The molecule has 7 nitrogen and oxygen atoms in total. The third-order valence-corrected chi connectivity index (χ3v) is 2.63. The van der Waals surface area contributed by atoms with Crippen molar-refractivity contribution in [3.05, 3.63) is 38.9 Å². The van der Waals surface area contributed by atoms with Gasteiger partial charge in [0.25, 0.3) is 5.69 Å². The number of hydrogen-bond acceptors (Lipinski definition) is 4. The topological polar surface area (TPSA) is 120 Å². The molecule has 0 aliphatic rings. The molecule has 1 aromatic rings. The van der Waals surface area contributed by atoms with Crippen LogP contribution in [-0.2, 0) is 6.42 Å². The molecule has 4 N–H and O–H groups in total. The predicted molar refractivity (Wildman–Crippen MR) is 75.2 cm³/mol. The van der Waals surface area contributed by atoms with Gasteiger partial charge in [0, 0.05) is 16.7 Å². The number of rotatable bonds is 5. The highest BCUT2D eigenvalue weighted by molar-refractivity contribution is 5.85. The maximum Gasteiger partial charge on any atom is 0.276 e. The Kier molecular flexibility index (Phi) is 4.99.